The lowest BCUT2D eigenvalue weighted by Gasteiger charge is -2.14. The average Bonchev–Trinajstić information content (AvgIpc) is 2.96. The summed E-state index contributed by atoms with van der Waals surface area (Å²) in [5.74, 6) is -0.353. The van der Waals surface area contributed by atoms with Gasteiger partial charge in [-0.3, -0.25) is 9.36 Å². The number of hydrogen-bond donors (Lipinski definition) is 1. The third kappa shape index (κ3) is 4.63. The molecule has 0 aliphatic carbocycles. The van der Waals surface area contributed by atoms with Gasteiger partial charge in [-0.2, -0.15) is 0 Å². The second kappa shape index (κ2) is 8.52. The number of nitrogens with zero attached hydrogens (tertiary/aromatic N) is 1. The Kier molecular flexibility index (Phi) is 5.89. The van der Waals surface area contributed by atoms with Crippen molar-refractivity contribution in [3.8, 4) is 0 Å². The van der Waals surface area contributed by atoms with Gasteiger partial charge >= 0.3 is 5.76 Å². The minimum absolute atomic E-state index is 0.0198. The highest BCUT2D eigenvalue weighted by Crippen LogP contribution is 2.12. The topological polar surface area (TPSA) is 64.2 Å². The van der Waals surface area contributed by atoms with Gasteiger partial charge in [-0.15, -0.1) is 0 Å². The van der Waals surface area contributed by atoms with Gasteiger partial charge in [0.1, 0.15) is 0 Å². The third-order valence-corrected chi connectivity index (χ3v) is 4.48. The van der Waals surface area contributed by atoms with Crippen molar-refractivity contribution >= 4 is 17.0 Å². The number of benzene rings is 2. The van der Waals surface area contributed by atoms with E-state index in [1.54, 1.807) is 10.6 Å². The Bertz CT molecular complexity index is 912. The Morgan fingerprint density at radius 2 is 1.85 bits per heavy atom. The molecule has 0 saturated heterocycles. The molecule has 0 saturated carbocycles. The molecule has 5 heteroatoms. The molecule has 5 nitrogen and oxygen atoms in total. The van der Waals surface area contributed by atoms with Crippen LogP contribution in [0.15, 0.2) is 63.8 Å². The number of fused-ring (bicyclic) bond motifs is 1. The van der Waals surface area contributed by atoms with Crippen molar-refractivity contribution in [2.75, 3.05) is 0 Å². The highest BCUT2D eigenvalue weighted by atomic mass is 16.4. The molecule has 1 N–H and O–H groups in total. The largest absolute Gasteiger partial charge is 0.419 e. The van der Waals surface area contributed by atoms with Crippen LogP contribution in [0.25, 0.3) is 11.1 Å². The Morgan fingerprint density at radius 1 is 1.12 bits per heavy atom. The first-order valence-electron chi connectivity index (χ1n) is 9.05. The number of hydrogen-bond acceptors (Lipinski definition) is 3. The first kappa shape index (κ1) is 18.0. The van der Waals surface area contributed by atoms with E-state index in [4.69, 9.17) is 4.42 Å². The predicted molar refractivity (Wildman–Crippen MR) is 102 cm³/mol. The van der Waals surface area contributed by atoms with Gasteiger partial charge in [-0.25, -0.2) is 4.79 Å². The minimum Gasteiger partial charge on any atom is -0.408 e. The smallest absolute Gasteiger partial charge is 0.408 e. The predicted octanol–water partition coefficient (Wildman–Crippen LogP) is 3.51. The zero-order valence-corrected chi connectivity index (χ0v) is 15.0. The molecule has 0 bridgehead atoms. The monoisotopic (exact) mass is 352 g/mol. The van der Waals surface area contributed by atoms with E-state index in [2.05, 4.69) is 17.4 Å². The van der Waals surface area contributed by atoms with Crippen LogP contribution in [0, 0.1) is 0 Å². The van der Waals surface area contributed by atoms with Crippen LogP contribution in [0.2, 0.25) is 0 Å². The zero-order valence-electron chi connectivity index (χ0n) is 15.0. The summed E-state index contributed by atoms with van der Waals surface area (Å²) >= 11 is 0. The standard InChI is InChI=1S/C21H24N2O3/c1-16(13-14-17-8-3-2-4-9-17)22-20(24)12-7-15-23-18-10-5-6-11-19(18)26-21(23)25/h2-6,8-11,16H,7,12-15H2,1H3,(H,22,24). The van der Waals surface area contributed by atoms with Gasteiger partial charge in [-0.1, -0.05) is 42.5 Å². The molecule has 0 radical (unpaired) electrons. The number of carbonyl (C=O) groups excluding carboxylic acids is 1. The molecule has 0 aliphatic rings. The molecule has 1 heterocycles. The Balaban J connectivity index is 1.43. The number of rotatable bonds is 8. The number of para-hydroxylation sites is 2. The van der Waals surface area contributed by atoms with E-state index in [1.165, 1.54) is 5.56 Å². The van der Waals surface area contributed by atoms with E-state index in [-0.39, 0.29) is 17.7 Å². The van der Waals surface area contributed by atoms with Crippen LogP contribution in [-0.4, -0.2) is 16.5 Å². The zero-order chi connectivity index (χ0) is 18.4. The van der Waals surface area contributed by atoms with Crippen LogP contribution in [0.4, 0.5) is 0 Å². The van der Waals surface area contributed by atoms with E-state index >= 15 is 0 Å². The van der Waals surface area contributed by atoms with E-state index in [0.29, 0.717) is 25.0 Å². The van der Waals surface area contributed by atoms with Gasteiger partial charge in [0.2, 0.25) is 5.91 Å². The van der Waals surface area contributed by atoms with Gasteiger partial charge in [0.15, 0.2) is 5.58 Å². The summed E-state index contributed by atoms with van der Waals surface area (Å²) in [6.45, 7) is 2.50. The molecule has 3 aromatic rings. The Labute approximate surface area is 152 Å². The number of aryl methyl sites for hydroxylation is 2. The molecule has 1 atom stereocenters. The fourth-order valence-corrected chi connectivity index (χ4v) is 3.07. The SMILES string of the molecule is CC(CCc1ccccc1)NC(=O)CCCn1c(=O)oc2ccccc21. The molecular weight excluding hydrogens is 328 g/mol. The maximum Gasteiger partial charge on any atom is 0.419 e. The van der Waals surface area contributed by atoms with Crippen molar-refractivity contribution in [2.24, 2.45) is 0 Å². The van der Waals surface area contributed by atoms with E-state index in [0.717, 1.165) is 18.4 Å². The number of oxazole rings is 1. The molecule has 1 unspecified atom stereocenters. The maximum atomic E-state index is 12.1. The lowest BCUT2D eigenvalue weighted by atomic mass is 10.1. The average molecular weight is 352 g/mol. The summed E-state index contributed by atoms with van der Waals surface area (Å²) < 4.78 is 6.79. The fourth-order valence-electron chi connectivity index (χ4n) is 3.07. The number of nitrogens with one attached hydrogen (secondary N) is 1. The summed E-state index contributed by atoms with van der Waals surface area (Å²) in [6, 6.07) is 17.7. The molecule has 3 rings (SSSR count). The molecule has 136 valence electrons. The number of carbonyl (C=O) groups is 1. The highest BCUT2D eigenvalue weighted by Gasteiger charge is 2.10. The first-order valence-corrected chi connectivity index (χ1v) is 9.05. The lowest BCUT2D eigenvalue weighted by Crippen LogP contribution is -2.33. The quantitative estimate of drug-likeness (QED) is 0.675. The summed E-state index contributed by atoms with van der Waals surface area (Å²) in [4.78, 5) is 24.0. The Hall–Kier alpha value is -2.82. The van der Waals surface area contributed by atoms with Crippen LogP contribution < -0.4 is 11.1 Å². The summed E-state index contributed by atoms with van der Waals surface area (Å²) in [5.41, 5.74) is 2.63. The van der Waals surface area contributed by atoms with Crippen LogP contribution in [0.5, 0.6) is 0 Å². The number of amides is 1. The molecule has 0 spiro atoms. The van der Waals surface area contributed by atoms with Crippen LogP contribution in [0.3, 0.4) is 0 Å². The molecule has 26 heavy (non-hydrogen) atoms. The van der Waals surface area contributed by atoms with Gasteiger partial charge in [-0.05, 0) is 43.9 Å². The summed E-state index contributed by atoms with van der Waals surface area (Å²) in [5, 5.41) is 3.03. The second-order valence-corrected chi connectivity index (χ2v) is 6.58. The van der Waals surface area contributed by atoms with Crippen LogP contribution >= 0.6 is 0 Å². The van der Waals surface area contributed by atoms with E-state index in [9.17, 15) is 9.59 Å². The molecule has 0 aliphatic heterocycles. The van der Waals surface area contributed by atoms with Crippen LogP contribution in [0.1, 0.15) is 31.7 Å². The maximum absolute atomic E-state index is 12.1. The summed E-state index contributed by atoms with van der Waals surface area (Å²) in [6.07, 6.45) is 2.84. The molecule has 1 amide bonds. The third-order valence-electron chi connectivity index (χ3n) is 4.48. The molecule has 1 aromatic heterocycles. The van der Waals surface area contributed by atoms with Crippen molar-refractivity contribution in [2.45, 2.75) is 45.2 Å². The molecular formula is C21H24N2O3. The normalized spacial score (nSPS) is 12.2. The number of aromatic nitrogens is 1. The Morgan fingerprint density at radius 3 is 2.65 bits per heavy atom. The second-order valence-electron chi connectivity index (χ2n) is 6.58. The van der Waals surface area contributed by atoms with Crippen molar-refractivity contribution in [3.63, 3.8) is 0 Å². The fraction of sp³-hybridized carbons (Fsp3) is 0.333. The molecule has 0 fully saturated rings. The van der Waals surface area contributed by atoms with Gasteiger partial charge in [0.05, 0.1) is 5.52 Å². The van der Waals surface area contributed by atoms with Crippen molar-refractivity contribution in [1.29, 1.82) is 0 Å². The van der Waals surface area contributed by atoms with Gasteiger partial charge < -0.3 is 9.73 Å². The first-order chi connectivity index (χ1) is 12.6. The van der Waals surface area contributed by atoms with Crippen molar-refractivity contribution in [3.05, 3.63) is 70.7 Å². The van der Waals surface area contributed by atoms with E-state index < -0.39 is 0 Å². The van der Waals surface area contributed by atoms with Crippen molar-refractivity contribution < 1.29 is 9.21 Å². The lowest BCUT2D eigenvalue weighted by molar-refractivity contribution is -0.121. The highest BCUT2D eigenvalue weighted by molar-refractivity contribution is 5.76. The van der Waals surface area contributed by atoms with Crippen molar-refractivity contribution in [1.82, 2.24) is 9.88 Å². The van der Waals surface area contributed by atoms with Gasteiger partial charge in [0, 0.05) is 19.0 Å². The van der Waals surface area contributed by atoms with Crippen LogP contribution in [-0.2, 0) is 17.8 Å². The summed E-state index contributed by atoms with van der Waals surface area (Å²) in [7, 11) is 0. The van der Waals surface area contributed by atoms with Gasteiger partial charge in [0.25, 0.3) is 0 Å². The van der Waals surface area contributed by atoms with E-state index in [1.807, 2.05) is 43.3 Å². The minimum atomic E-state index is -0.372. The molecule has 2 aromatic carbocycles.